The fourth-order valence-corrected chi connectivity index (χ4v) is 1.59. The van der Waals surface area contributed by atoms with Crippen LogP contribution in [0, 0.1) is 0 Å². The van der Waals surface area contributed by atoms with E-state index in [2.05, 4.69) is 11.7 Å². The summed E-state index contributed by atoms with van der Waals surface area (Å²) in [6, 6.07) is 0. The Bertz CT molecular complexity index is 307. The van der Waals surface area contributed by atoms with Crippen LogP contribution in [-0.2, 0) is 14.3 Å². The molecule has 0 spiro atoms. The van der Waals surface area contributed by atoms with E-state index in [1.165, 1.54) is 18.3 Å². The summed E-state index contributed by atoms with van der Waals surface area (Å²) in [4.78, 5) is 28.0. The summed E-state index contributed by atoms with van der Waals surface area (Å²) in [6.45, 7) is 3.75. The highest BCUT2D eigenvalue weighted by Crippen LogP contribution is 2.14. The van der Waals surface area contributed by atoms with Gasteiger partial charge in [0.05, 0.1) is 12.8 Å². The number of carbonyl (C=O) groups is 2. The van der Waals surface area contributed by atoms with Gasteiger partial charge in [0.2, 0.25) is 11.8 Å². The van der Waals surface area contributed by atoms with Gasteiger partial charge in [0.1, 0.15) is 6.26 Å². The molecule has 5 heteroatoms. The lowest BCUT2D eigenvalue weighted by atomic mass is 10.1. The molecule has 2 amide bonds. The number of aliphatic imine (C=N–C) groups is 1. The Hall–Kier alpha value is -1.65. The summed E-state index contributed by atoms with van der Waals surface area (Å²) in [7, 11) is 1.52. The molecule has 0 unspecified atom stereocenters. The molecule has 0 radical (unpaired) electrons. The van der Waals surface area contributed by atoms with Crippen LogP contribution in [0.2, 0.25) is 0 Å². The quantitative estimate of drug-likeness (QED) is 0.399. The van der Waals surface area contributed by atoms with Crippen molar-refractivity contribution in [2.45, 2.75) is 25.7 Å². The van der Waals surface area contributed by atoms with E-state index < -0.39 is 0 Å². The molecule has 1 aliphatic heterocycles. The Kier molecular flexibility index (Phi) is 4.69. The number of ether oxygens (including phenoxy) is 1. The number of methoxy groups -OCH3 is 1. The molecule has 1 rings (SSSR count). The Morgan fingerprint density at radius 1 is 1.50 bits per heavy atom. The minimum atomic E-state index is -0.0999. The number of carbonyl (C=O) groups excluding carboxylic acids is 2. The van der Waals surface area contributed by atoms with Crippen LogP contribution in [0.4, 0.5) is 0 Å². The molecule has 16 heavy (non-hydrogen) atoms. The van der Waals surface area contributed by atoms with E-state index in [0.717, 1.165) is 0 Å². The summed E-state index contributed by atoms with van der Waals surface area (Å²) >= 11 is 0. The summed E-state index contributed by atoms with van der Waals surface area (Å²) in [5.74, 6) is -0.200. The summed E-state index contributed by atoms with van der Waals surface area (Å²) in [5, 5.41) is 0. The van der Waals surface area contributed by atoms with Gasteiger partial charge >= 0.3 is 0 Å². The van der Waals surface area contributed by atoms with Crippen LogP contribution in [0.5, 0.6) is 0 Å². The van der Waals surface area contributed by atoms with Crippen molar-refractivity contribution < 1.29 is 14.3 Å². The monoisotopic (exact) mass is 224 g/mol. The number of hydrogen-bond acceptors (Lipinski definition) is 4. The molecule has 0 atom stereocenters. The van der Waals surface area contributed by atoms with Crippen LogP contribution in [0.25, 0.3) is 0 Å². The Labute approximate surface area is 94.8 Å². The average molecular weight is 224 g/mol. The largest absolute Gasteiger partial charge is 0.502 e. The second-order valence-corrected chi connectivity index (χ2v) is 3.55. The van der Waals surface area contributed by atoms with Crippen molar-refractivity contribution in [1.82, 2.24) is 4.90 Å². The molecule has 0 aromatic rings. The molecule has 0 aliphatic carbocycles. The van der Waals surface area contributed by atoms with E-state index in [0.29, 0.717) is 37.9 Å². The molecule has 1 heterocycles. The summed E-state index contributed by atoms with van der Waals surface area (Å²) < 4.78 is 4.80. The molecule has 1 aliphatic rings. The molecule has 1 fully saturated rings. The highest BCUT2D eigenvalue weighted by atomic mass is 16.5. The second-order valence-electron chi connectivity index (χ2n) is 3.55. The maximum atomic E-state index is 11.5. The fourth-order valence-electron chi connectivity index (χ4n) is 1.59. The van der Waals surface area contributed by atoms with Gasteiger partial charge in [0.15, 0.2) is 0 Å². The van der Waals surface area contributed by atoms with E-state index in [1.807, 2.05) is 0 Å². The zero-order chi connectivity index (χ0) is 12.0. The van der Waals surface area contributed by atoms with Crippen LogP contribution in [-0.4, -0.2) is 37.1 Å². The second kappa shape index (κ2) is 6.05. The molecule has 0 bridgehead atoms. The van der Waals surface area contributed by atoms with Crippen LogP contribution in [0.15, 0.2) is 17.0 Å². The smallest absolute Gasteiger partial charge is 0.229 e. The van der Waals surface area contributed by atoms with E-state index in [-0.39, 0.29) is 11.8 Å². The first-order chi connectivity index (χ1) is 7.69. The van der Waals surface area contributed by atoms with Gasteiger partial charge in [-0.15, -0.1) is 0 Å². The molecule has 5 nitrogen and oxygen atoms in total. The molecule has 0 N–H and O–H groups in total. The van der Waals surface area contributed by atoms with E-state index in [4.69, 9.17) is 4.74 Å². The Morgan fingerprint density at radius 3 is 2.62 bits per heavy atom. The van der Waals surface area contributed by atoms with E-state index >= 15 is 0 Å². The third kappa shape index (κ3) is 3.18. The van der Waals surface area contributed by atoms with Crippen molar-refractivity contribution in [2.24, 2.45) is 4.99 Å². The van der Waals surface area contributed by atoms with Gasteiger partial charge in [0.25, 0.3) is 0 Å². The number of rotatable bonds is 5. The predicted molar refractivity (Wildman–Crippen MR) is 59.8 cm³/mol. The van der Waals surface area contributed by atoms with Crippen molar-refractivity contribution in [1.29, 1.82) is 0 Å². The van der Waals surface area contributed by atoms with Gasteiger partial charge in [-0.25, -0.2) is 0 Å². The minimum Gasteiger partial charge on any atom is -0.502 e. The first kappa shape index (κ1) is 12.4. The topological polar surface area (TPSA) is 59.0 Å². The SMILES string of the molecule is C=NC(=COC)CCN1C(=O)CCCC1=O. The van der Waals surface area contributed by atoms with Crippen molar-refractivity contribution in [2.75, 3.05) is 13.7 Å². The number of likely N-dealkylation sites (tertiary alicyclic amines) is 1. The minimum absolute atomic E-state index is 0.0999. The third-order valence-corrected chi connectivity index (χ3v) is 2.43. The lowest BCUT2D eigenvalue weighted by Gasteiger charge is -2.24. The van der Waals surface area contributed by atoms with Crippen molar-refractivity contribution in [3.63, 3.8) is 0 Å². The van der Waals surface area contributed by atoms with Gasteiger partial charge in [-0.3, -0.25) is 19.5 Å². The van der Waals surface area contributed by atoms with Gasteiger partial charge in [-0.2, -0.15) is 0 Å². The number of amides is 2. The van der Waals surface area contributed by atoms with Gasteiger partial charge < -0.3 is 4.74 Å². The maximum Gasteiger partial charge on any atom is 0.229 e. The number of imide groups is 1. The highest BCUT2D eigenvalue weighted by Gasteiger charge is 2.25. The lowest BCUT2D eigenvalue weighted by Crippen LogP contribution is -2.40. The van der Waals surface area contributed by atoms with Gasteiger partial charge in [0, 0.05) is 25.8 Å². The van der Waals surface area contributed by atoms with Crippen LogP contribution < -0.4 is 0 Å². The van der Waals surface area contributed by atoms with Gasteiger partial charge in [-0.05, 0) is 13.1 Å². The average Bonchev–Trinajstić information content (AvgIpc) is 2.27. The van der Waals surface area contributed by atoms with E-state index in [9.17, 15) is 9.59 Å². The molecule has 0 aromatic heterocycles. The molecular weight excluding hydrogens is 208 g/mol. The lowest BCUT2D eigenvalue weighted by molar-refractivity contribution is -0.147. The molecule has 0 aromatic carbocycles. The normalized spacial score (nSPS) is 17.6. The summed E-state index contributed by atoms with van der Waals surface area (Å²) in [6.07, 6.45) is 3.52. The number of hydrogen-bond donors (Lipinski definition) is 0. The fraction of sp³-hybridized carbons (Fsp3) is 0.545. The molecule has 1 saturated heterocycles. The standard InChI is InChI=1S/C11H16N2O3/c1-12-9(8-16-2)6-7-13-10(14)4-3-5-11(13)15/h8H,1,3-7H2,2H3. The van der Waals surface area contributed by atoms with Crippen LogP contribution >= 0.6 is 0 Å². The first-order valence-corrected chi connectivity index (χ1v) is 5.20. The van der Waals surface area contributed by atoms with Crippen LogP contribution in [0.1, 0.15) is 25.7 Å². The predicted octanol–water partition coefficient (Wildman–Crippen LogP) is 1.10. The molecular formula is C11H16N2O3. The Balaban J connectivity index is 2.52. The highest BCUT2D eigenvalue weighted by molar-refractivity contribution is 5.97. The Morgan fingerprint density at radius 2 is 2.12 bits per heavy atom. The maximum absolute atomic E-state index is 11.5. The molecule has 88 valence electrons. The zero-order valence-corrected chi connectivity index (χ0v) is 9.44. The van der Waals surface area contributed by atoms with Crippen molar-refractivity contribution >= 4 is 18.5 Å². The summed E-state index contributed by atoms with van der Waals surface area (Å²) in [5.41, 5.74) is 0.633. The number of nitrogens with zero attached hydrogens (tertiary/aromatic N) is 2. The molecule has 0 saturated carbocycles. The van der Waals surface area contributed by atoms with Crippen molar-refractivity contribution in [3.8, 4) is 0 Å². The van der Waals surface area contributed by atoms with Crippen molar-refractivity contribution in [3.05, 3.63) is 12.0 Å². The van der Waals surface area contributed by atoms with E-state index in [1.54, 1.807) is 0 Å². The number of piperidine rings is 1. The third-order valence-electron chi connectivity index (χ3n) is 2.43. The van der Waals surface area contributed by atoms with Crippen LogP contribution in [0.3, 0.4) is 0 Å². The van der Waals surface area contributed by atoms with Gasteiger partial charge in [-0.1, -0.05) is 0 Å². The zero-order valence-electron chi connectivity index (χ0n) is 9.44. The first-order valence-electron chi connectivity index (χ1n) is 5.20.